The van der Waals surface area contributed by atoms with Crippen LogP contribution in [0.2, 0.25) is 0 Å². The molecule has 4 rings (SSSR count). The first kappa shape index (κ1) is 21.4. The molecule has 0 unspecified atom stereocenters. The van der Waals surface area contributed by atoms with E-state index in [1.807, 2.05) is 47.1 Å². The first-order chi connectivity index (χ1) is 15.6. The lowest BCUT2D eigenvalue weighted by molar-refractivity contribution is -0.384. The quantitative estimate of drug-likeness (QED) is 0.171. The van der Waals surface area contributed by atoms with Crippen molar-refractivity contribution < 1.29 is 9.72 Å². The summed E-state index contributed by atoms with van der Waals surface area (Å²) in [5.41, 5.74) is 2.92. The normalized spacial score (nSPS) is 10.8. The number of carbonyl (C=O) groups excluding carboxylic acids is 1. The minimum absolute atomic E-state index is 0.00977. The summed E-state index contributed by atoms with van der Waals surface area (Å²) in [4.78, 5) is 28.6. The van der Waals surface area contributed by atoms with Gasteiger partial charge in [0, 0.05) is 47.8 Å². The van der Waals surface area contributed by atoms with E-state index in [0.717, 1.165) is 22.0 Å². The zero-order valence-electron chi connectivity index (χ0n) is 17.1. The second-order valence-electron chi connectivity index (χ2n) is 6.97. The third-order valence-corrected chi connectivity index (χ3v) is 5.79. The lowest BCUT2D eigenvalue weighted by Gasteiger charge is -2.09. The van der Waals surface area contributed by atoms with Gasteiger partial charge in [-0.05, 0) is 42.5 Å². The predicted octanol–water partition coefficient (Wildman–Crippen LogP) is 4.38. The highest BCUT2D eigenvalue weighted by Crippen LogP contribution is 2.24. The van der Waals surface area contributed by atoms with Crippen LogP contribution in [-0.4, -0.2) is 33.3 Å². The average molecular weight is 448 g/mol. The number of carbonyl (C=O) groups is 1. The van der Waals surface area contributed by atoms with Crippen LogP contribution in [0.3, 0.4) is 0 Å². The molecule has 0 fully saturated rings. The number of pyridine rings is 1. The van der Waals surface area contributed by atoms with Crippen LogP contribution in [0.5, 0.6) is 0 Å². The molecule has 1 amide bonds. The highest BCUT2D eigenvalue weighted by Gasteiger charge is 2.12. The van der Waals surface area contributed by atoms with Crippen molar-refractivity contribution >= 4 is 34.7 Å². The van der Waals surface area contributed by atoms with Crippen LogP contribution in [-0.2, 0) is 5.75 Å². The number of imidazole rings is 1. The van der Waals surface area contributed by atoms with Gasteiger partial charge in [0.1, 0.15) is 11.3 Å². The number of nitro groups is 1. The van der Waals surface area contributed by atoms with Gasteiger partial charge in [0.25, 0.3) is 11.6 Å². The molecule has 0 bridgehead atoms. The summed E-state index contributed by atoms with van der Waals surface area (Å²) in [5, 5.41) is 16.8. The number of thioether (sulfide) groups is 1. The Bertz CT molecular complexity index is 1210. The van der Waals surface area contributed by atoms with Crippen molar-refractivity contribution in [2.24, 2.45) is 0 Å². The second-order valence-corrected chi connectivity index (χ2v) is 8.02. The molecule has 0 aliphatic carbocycles. The first-order valence-electron chi connectivity index (χ1n) is 10.0. The number of rotatable bonds is 9. The van der Waals surface area contributed by atoms with Gasteiger partial charge in [-0.1, -0.05) is 18.2 Å². The number of nitrogens with zero attached hydrogens (tertiary/aromatic N) is 3. The van der Waals surface area contributed by atoms with Gasteiger partial charge < -0.3 is 15.0 Å². The number of nitro benzene ring substituents is 1. The van der Waals surface area contributed by atoms with Crippen LogP contribution in [0.25, 0.3) is 5.65 Å². The number of hydrogen-bond acceptors (Lipinski definition) is 6. The van der Waals surface area contributed by atoms with E-state index in [2.05, 4.69) is 15.6 Å². The number of fused-ring (bicyclic) bond motifs is 1. The number of nitrogens with one attached hydrogen (secondary N) is 2. The van der Waals surface area contributed by atoms with Crippen molar-refractivity contribution in [1.29, 1.82) is 0 Å². The van der Waals surface area contributed by atoms with E-state index in [4.69, 9.17) is 0 Å². The molecule has 2 heterocycles. The molecule has 0 radical (unpaired) electrons. The van der Waals surface area contributed by atoms with Crippen molar-refractivity contribution in [3.63, 3.8) is 0 Å². The Morgan fingerprint density at radius 2 is 1.81 bits per heavy atom. The summed E-state index contributed by atoms with van der Waals surface area (Å²) < 4.78 is 1.99. The van der Waals surface area contributed by atoms with Gasteiger partial charge in [0.15, 0.2) is 0 Å². The second kappa shape index (κ2) is 9.97. The summed E-state index contributed by atoms with van der Waals surface area (Å²) >= 11 is 1.66. The molecule has 8 nitrogen and oxygen atoms in total. The molecule has 4 aromatic rings. The van der Waals surface area contributed by atoms with Crippen LogP contribution >= 0.6 is 11.8 Å². The van der Waals surface area contributed by atoms with Gasteiger partial charge in [-0.3, -0.25) is 14.9 Å². The van der Waals surface area contributed by atoms with Crippen LogP contribution in [0, 0.1) is 10.1 Å². The summed E-state index contributed by atoms with van der Waals surface area (Å²) in [6.45, 7) is 0.721. The summed E-state index contributed by atoms with van der Waals surface area (Å²) in [7, 11) is 0. The summed E-state index contributed by atoms with van der Waals surface area (Å²) in [6.07, 6.45) is 3.99. The van der Waals surface area contributed by atoms with Gasteiger partial charge >= 0.3 is 0 Å². The number of hydrogen-bond donors (Lipinski definition) is 2. The Morgan fingerprint density at radius 1 is 1.03 bits per heavy atom. The fraction of sp³-hybridized carbons (Fsp3) is 0.130. The summed E-state index contributed by atoms with van der Waals surface area (Å²) in [5.74, 6) is 0.552. The smallest absolute Gasteiger partial charge is 0.292 e. The van der Waals surface area contributed by atoms with E-state index in [0.29, 0.717) is 24.3 Å². The molecule has 0 saturated carbocycles. The number of para-hydroxylation sites is 2. The molecular weight excluding hydrogens is 426 g/mol. The van der Waals surface area contributed by atoms with Gasteiger partial charge in [0.2, 0.25) is 0 Å². The van der Waals surface area contributed by atoms with E-state index in [-0.39, 0.29) is 11.6 Å². The van der Waals surface area contributed by atoms with Crippen LogP contribution in [0.15, 0.2) is 84.0 Å². The molecule has 162 valence electrons. The van der Waals surface area contributed by atoms with E-state index < -0.39 is 4.92 Å². The maximum absolute atomic E-state index is 12.4. The molecule has 2 aromatic carbocycles. The minimum atomic E-state index is -0.435. The monoisotopic (exact) mass is 447 g/mol. The van der Waals surface area contributed by atoms with E-state index in [1.165, 1.54) is 6.07 Å². The maximum Gasteiger partial charge on any atom is 0.292 e. The van der Waals surface area contributed by atoms with E-state index in [1.54, 1.807) is 42.1 Å². The molecule has 0 saturated heterocycles. The van der Waals surface area contributed by atoms with Gasteiger partial charge in [-0.2, -0.15) is 0 Å². The third-order valence-electron chi connectivity index (χ3n) is 4.74. The van der Waals surface area contributed by atoms with Crippen LogP contribution < -0.4 is 10.6 Å². The number of anilines is 1. The fourth-order valence-corrected chi connectivity index (χ4v) is 3.96. The molecule has 32 heavy (non-hydrogen) atoms. The van der Waals surface area contributed by atoms with E-state index >= 15 is 0 Å². The largest absolute Gasteiger partial charge is 0.378 e. The van der Waals surface area contributed by atoms with Crippen molar-refractivity contribution in [3.05, 3.63) is 100 Å². The maximum atomic E-state index is 12.4. The highest BCUT2D eigenvalue weighted by molar-refractivity contribution is 7.98. The Kier molecular flexibility index (Phi) is 6.66. The van der Waals surface area contributed by atoms with Crippen molar-refractivity contribution in [2.75, 3.05) is 18.4 Å². The van der Waals surface area contributed by atoms with Gasteiger partial charge in [0.05, 0.1) is 10.6 Å². The van der Waals surface area contributed by atoms with Crippen molar-refractivity contribution in [3.8, 4) is 0 Å². The van der Waals surface area contributed by atoms with Crippen LogP contribution in [0.1, 0.15) is 16.1 Å². The van der Waals surface area contributed by atoms with Gasteiger partial charge in [-0.25, -0.2) is 4.98 Å². The lowest BCUT2D eigenvalue weighted by Crippen LogP contribution is -2.28. The topological polar surface area (TPSA) is 102 Å². The Hall–Kier alpha value is -3.85. The lowest BCUT2D eigenvalue weighted by atomic mass is 10.2. The van der Waals surface area contributed by atoms with Crippen molar-refractivity contribution in [2.45, 2.75) is 10.6 Å². The molecule has 0 atom stereocenters. The minimum Gasteiger partial charge on any atom is -0.378 e. The van der Waals surface area contributed by atoms with Crippen LogP contribution in [0.4, 0.5) is 11.4 Å². The Morgan fingerprint density at radius 3 is 2.59 bits per heavy atom. The number of benzene rings is 2. The number of aromatic nitrogens is 2. The molecule has 9 heteroatoms. The third kappa shape index (κ3) is 5.25. The predicted molar refractivity (Wildman–Crippen MR) is 125 cm³/mol. The molecule has 0 aliphatic rings. The average Bonchev–Trinajstić information content (AvgIpc) is 3.24. The Labute approximate surface area is 188 Å². The molecule has 2 aromatic heterocycles. The Balaban J connectivity index is 1.24. The number of amides is 1. The van der Waals surface area contributed by atoms with E-state index in [9.17, 15) is 14.9 Å². The zero-order chi connectivity index (χ0) is 22.3. The molecule has 0 aliphatic heterocycles. The SMILES string of the molecule is O=C(NCCNc1ccccc1[N+](=O)[O-])c1ccc(SCc2cn3ccccc3n2)cc1. The first-order valence-corrected chi connectivity index (χ1v) is 11.0. The zero-order valence-corrected chi connectivity index (χ0v) is 17.9. The van der Waals surface area contributed by atoms with Crippen molar-refractivity contribution in [1.82, 2.24) is 14.7 Å². The molecule has 0 spiro atoms. The molecular formula is C23H21N5O3S. The standard InChI is InChI=1S/C23H21N5O3S/c29-23(25-13-12-24-20-5-1-2-6-21(20)28(30)31)17-8-10-19(11-9-17)32-16-18-15-27-14-4-3-7-22(27)26-18/h1-11,14-15,24H,12-13,16H2,(H,25,29). The fourth-order valence-electron chi connectivity index (χ4n) is 3.17. The summed E-state index contributed by atoms with van der Waals surface area (Å²) in [6, 6.07) is 19.7. The molecule has 2 N–H and O–H groups in total. The van der Waals surface area contributed by atoms with Gasteiger partial charge in [-0.15, -0.1) is 11.8 Å². The highest BCUT2D eigenvalue weighted by atomic mass is 32.2.